The zero-order valence-corrected chi connectivity index (χ0v) is 15.2. The van der Waals surface area contributed by atoms with Crippen LogP contribution in [0.1, 0.15) is 11.1 Å². The van der Waals surface area contributed by atoms with Crippen LogP contribution in [-0.2, 0) is 12.8 Å². The molecule has 0 aliphatic carbocycles. The van der Waals surface area contributed by atoms with Crippen LogP contribution in [0.4, 0.5) is 11.6 Å². The number of aromatic amines is 1. The highest BCUT2D eigenvalue weighted by atomic mass is 15.1. The molecular formula is C22H23N5. The summed E-state index contributed by atoms with van der Waals surface area (Å²) in [5.41, 5.74) is 3.81. The Hall–Kier alpha value is -3.34. The van der Waals surface area contributed by atoms with Crippen molar-refractivity contribution >= 4 is 22.5 Å². The first-order valence-corrected chi connectivity index (χ1v) is 9.27. The molecule has 0 aliphatic heterocycles. The van der Waals surface area contributed by atoms with E-state index in [1.807, 2.05) is 18.2 Å². The maximum atomic E-state index is 4.32. The lowest BCUT2D eigenvalue weighted by atomic mass is 10.1. The summed E-state index contributed by atoms with van der Waals surface area (Å²) in [5, 5.41) is 8.04. The number of fused-ring (bicyclic) bond motifs is 1. The van der Waals surface area contributed by atoms with Crippen molar-refractivity contribution in [3.8, 4) is 0 Å². The molecule has 27 heavy (non-hydrogen) atoms. The van der Waals surface area contributed by atoms with Crippen molar-refractivity contribution in [2.75, 3.05) is 23.7 Å². The van der Waals surface area contributed by atoms with Gasteiger partial charge in [-0.1, -0.05) is 48.5 Å². The molecule has 2 heterocycles. The number of hydrogen-bond donors (Lipinski definition) is 3. The van der Waals surface area contributed by atoms with Gasteiger partial charge in [-0.25, -0.2) is 9.97 Å². The highest BCUT2D eigenvalue weighted by Gasteiger charge is 2.03. The van der Waals surface area contributed by atoms with E-state index in [0.717, 1.165) is 37.6 Å². The lowest BCUT2D eigenvalue weighted by Gasteiger charge is -2.08. The second kappa shape index (κ2) is 8.36. The van der Waals surface area contributed by atoms with Crippen LogP contribution >= 0.6 is 0 Å². The van der Waals surface area contributed by atoms with Gasteiger partial charge in [0.05, 0.1) is 0 Å². The molecule has 0 unspecified atom stereocenters. The third-order valence-corrected chi connectivity index (χ3v) is 4.61. The Morgan fingerprint density at radius 1 is 0.778 bits per heavy atom. The van der Waals surface area contributed by atoms with Gasteiger partial charge in [0, 0.05) is 36.3 Å². The average Bonchev–Trinajstić information content (AvgIpc) is 3.13. The number of aromatic nitrogens is 3. The Labute approximate surface area is 158 Å². The van der Waals surface area contributed by atoms with Gasteiger partial charge in [0.25, 0.3) is 0 Å². The SMILES string of the molecule is c1ccc(CCNc2cc(NCCc3c[nH]c4ccccc34)ncn2)cc1. The molecule has 0 fully saturated rings. The van der Waals surface area contributed by atoms with E-state index in [4.69, 9.17) is 0 Å². The number of benzene rings is 2. The number of H-pyrrole nitrogens is 1. The van der Waals surface area contributed by atoms with Gasteiger partial charge in [-0.15, -0.1) is 0 Å². The first-order chi connectivity index (χ1) is 13.4. The predicted molar refractivity (Wildman–Crippen MR) is 111 cm³/mol. The molecule has 2 aromatic carbocycles. The molecule has 0 saturated carbocycles. The molecule has 3 N–H and O–H groups in total. The monoisotopic (exact) mass is 357 g/mol. The smallest absolute Gasteiger partial charge is 0.131 e. The molecule has 4 rings (SSSR count). The van der Waals surface area contributed by atoms with Gasteiger partial charge in [-0.05, 0) is 30.0 Å². The minimum Gasteiger partial charge on any atom is -0.370 e. The van der Waals surface area contributed by atoms with Crippen LogP contribution in [0.15, 0.2) is 73.2 Å². The molecule has 0 bridgehead atoms. The number of nitrogens with one attached hydrogen (secondary N) is 3. The highest BCUT2D eigenvalue weighted by molar-refractivity contribution is 5.83. The molecule has 4 aromatic rings. The molecule has 5 heteroatoms. The molecule has 0 spiro atoms. The molecule has 0 amide bonds. The van der Waals surface area contributed by atoms with Crippen LogP contribution in [0, 0.1) is 0 Å². The third kappa shape index (κ3) is 4.44. The molecule has 0 atom stereocenters. The van der Waals surface area contributed by atoms with Crippen LogP contribution < -0.4 is 10.6 Å². The highest BCUT2D eigenvalue weighted by Crippen LogP contribution is 2.18. The van der Waals surface area contributed by atoms with E-state index in [0.29, 0.717) is 0 Å². The summed E-state index contributed by atoms with van der Waals surface area (Å²) in [5.74, 6) is 1.68. The fourth-order valence-electron chi connectivity index (χ4n) is 3.19. The summed E-state index contributed by atoms with van der Waals surface area (Å²) in [4.78, 5) is 11.9. The van der Waals surface area contributed by atoms with Crippen LogP contribution in [0.3, 0.4) is 0 Å². The predicted octanol–water partition coefficient (Wildman–Crippen LogP) is 4.27. The van der Waals surface area contributed by atoms with Crippen molar-refractivity contribution in [2.24, 2.45) is 0 Å². The van der Waals surface area contributed by atoms with Gasteiger partial charge < -0.3 is 15.6 Å². The first kappa shape index (κ1) is 17.1. The van der Waals surface area contributed by atoms with Crippen molar-refractivity contribution in [3.05, 3.63) is 84.3 Å². The first-order valence-electron chi connectivity index (χ1n) is 9.27. The number of para-hydroxylation sites is 1. The average molecular weight is 357 g/mol. The van der Waals surface area contributed by atoms with E-state index in [2.05, 4.69) is 74.2 Å². The molecule has 136 valence electrons. The summed E-state index contributed by atoms with van der Waals surface area (Å²) in [7, 11) is 0. The van der Waals surface area contributed by atoms with Crippen molar-refractivity contribution in [1.29, 1.82) is 0 Å². The molecule has 0 radical (unpaired) electrons. The van der Waals surface area contributed by atoms with Crippen molar-refractivity contribution in [1.82, 2.24) is 15.0 Å². The third-order valence-electron chi connectivity index (χ3n) is 4.61. The summed E-state index contributed by atoms with van der Waals surface area (Å²) in [6, 6.07) is 20.8. The lowest BCUT2D eigenvalue weighted by molar-refractivity contribution is 0.986. The molecule has 2 aromatic heterocycles. The van der Waals surface area contributed by atoms with Crippen LogP contribution in [0.2, 0.25) is 0 Å². The summed E-state index contributed by atoms with van der Waals surface area (Å²) in [6.45, 7) is 1.66. The van der Waals surface area contributed by atoms with E-state index in [1.165, 1.54) is 22.0 Å². The largest absolute Gasteiger partial charge is 0.370 e. The second-order valence-electron chi connectivity index (χ2n) is 6.49. The number of rotatable bonds is 8. The topological polar surface area (TPSA) is 65.6 Å². The van der Waals surface area contributed by atoms with E-state index in [1.54, 1.807) is 6.33 Å². The molecule has 0 saturated heterocycles. The van der Waals surface area contributed by atoms with Gasteiger partial charge in [-0.3, -0.25) is 0 Å². The van der Waals surface area contributed by atoms with Gasteiger partial charge >= 0.3 is 0 Å². The summed E-state index contributed by atoms with van der Waals surface area (Å²) < 4.78 is 0. The van der Waals surface area contributed by atoms with Gasteiger partial charge in [-0.2, -0.15) is 0 Å². The Kier molecular flexibility index (Phi) is 5.29. The minimum atomic E-state index is 0.822. The van der Waals surface area contributed by atoms with E-state index in [9.17, 15) is 0 Å². The molecule has 5 nitrogen and oxygen atoms in total. The fourth-order valence-corrected chi connectivity index (χ4v) is 3.19. The van der Waals surface area contributed by atoms with Gasteiger partial charge in [0.1, 0.15) is 18.0 Å². The van der Waals surface area contributed by atoms with Gasteiger partial charge in [0.2, 0.25) is 0 Å². The van der Waals surface area contributed by atoms with E-state index >= 15 is 0 Å². The number of nitrogens with zero attached hydrogens (tertiary/aromatic N) is 2. The maximum Gasteiger partial charge on any atom is 0.131 e. The van der Waals surface area contributed by atoms with Crippen molar-refractivity contribution in [2.45, 2.75) is 12.8 Å². The lowest BCUT2D eigenvalue weighted by Crippen LogP contribution is -2.09. The van der Waals surface area contributed by atoms with Crippen LogP contribution in [0.25, 0.3) is 10.9 Å². The Morgan fingerprint density at radius 3 is 2.30 bits per heavy atom. The zero-order valence-electron chi connectivity index (χ0n) is 15.2. The maximum absolute atomic E-state index is 4.32. The quantitative estimate of drug-likeness (QED) is 0.441. The molecular weight excluding hydrogens is 334 g/mol. The zero-order chi connectivity index (χ0) is 18.3. The standard InChI is InChI=1S/C22H23N5/c1-2-6-17(7-3-1)10-12-23-21-14-22(27-16-26-21)24-13-11-18-15-25-20-9-5-4-8-19(18)20/h1-9,14-16,25H,10-13H2,(H2,23,24,26,27). The van der Waals surface area contributed by atoms with Crippen LogP contribution in [-0.4, -0.2) is 28.0 Å². The number of hydrogen-bond acceptors (Lipinski definition) is 4. The number of anilines is 2. The van der Waals surface area contributed by atoms with Crippen LogP contribution in [0.5, 0.6) is 0 Å². The normalized spacial score (nSPS) is 10.8. The Bertz CT molecular complexity index is 994. The fraction of sp³-hybridized carbons (Fsp3) is 0.182. The summed E-state index contributed by atoms with van der Waals surface area (Å²) in [6.07, 6.45) is 5.58. The van der Waals surface area contributed by atoms with E-state index in [-0.39, 0.29) is 0 Å². The minimum absolute atomic E-state index is 0.822. The second-order valence-corrected chi connectivity index (χ2v) is 6.49. The van der Waals surface area contributed by atoms with Crippen molar-refractivity contribution in [3.63, 3.8) is 0 Å². The Morgan fingerprint density at radius 2 is 1.48 bits per heavy atom. The van der Waals surface area contributed by atoms with Crippen molar-refractivity contribution < 1.29 is 0 Å². The van der Waals surface area contributed by atoms with Gasteiger partial charge in [0.15, 0.2) is 0 Å². The Balaban J connectivity index is 1.29. The molecule has 0 aliphatic rings. The summed E-state index contributed by atoms with van der Waals surface area (Å²) >= 11 is 0. The van der Waals surface area contributed by atoms with E-state index < -0.39 is 0 Å².